The van der Waals surface area contributed by atoms with Crippen LogP contribution in [0.2, 0.25) is 0 Å². The van der Waals surface area contributed by atoms with Crippen molar-refractivity contribution in [2.24, 2.45) is 11.8 Å². The highest BCUT2D eigenvalue weighted by atomic mass is 16.7. The zero-order chi connectivity index (χ0) is 24.8. The van der Waals surface area contributed by atoms with Crippen LogP contribution < -0.4 is 5.32 Å². The van der Waals surface area contributed by atoms with Crippen molar-refractivity contribution in [2.45, 2.75) is 95.1 Å². The second kappa shape index (κ2) is 11.9. The number of rotatable bonds is 7. The van der Waals surface area contributed by atoms with Crippen molar-refractivity contribution in [3.05, 3.63) is 35.4 Å². The number of amides is 1. The van der Waals surface area contributed by atoms with Gasteiger partial charge in [-0.3, -0.25) is 9.63 Å². The van der Waals surface area contributed by atoms with Crippen LogP contribution in [0.15, 0.2) is 24.3 Å². The molecule has 7 nitrogen and oxygen atoms in total. The fraction of sp³-hybridized carbons (Fsp3) is 0.679. The Bertz CT molecular complexity index is 911. The molecule has 7 heteroatoms. The van der Waals surface area contributed by atoms with Crippen molar-refractivity contribution in [2.75, 3.05) is 13.2 Å². The number of nitrogens with one attached hydrogen (secondary N) is 1. The second-order valence-electron chi connectivity index (χ2n) is 10.6. The van der Waals surface area contributed by atoms with Crippen LogP contribution in [0.3, 0.4) is 0 Å². The summed E-state index contributed by atoms with van der Waals surface area (Å²) in [6, 6.07) is 6.99. The molecular weight excluding hydrogens is 444 g/mol. The van der Waals surface area contributed by atoms with Crippen molar-refractivity contribution in [1.29, 1.82) is 0 Å². The summed E-state index contributed by atoms with van der Waals surface area (Å²) in [6.07, 6.45) is 7.89. The zero-order valence-corrected chi connectivity index (χ0v) is 20.8. The molecule has 1 saturated heterocycles. The lowest BCUT2D eigenvalue weighted by molar-refractivity contribution is -0.181. The fourth-order valence-electron chi connectivity index (χ4n) is 5.82. The lowest BCUT2D eigenvalue weighted by Crippen LogP contribution is -2.49. The highest BCUT2D eigenvalue weighted by molar-refractivity contribution is 5.82. The van der Waals surface area contributed by atoms with Crippen LogP contribution in [-0.2, 0) is 16.2 Å². The molecule has 1 aromatic rings. The Balaban J connectivity index is 1.48. The molecule has 2 saturated carbocycles. The number of carbonyl (C=O) groups is 1. The van der Waals surface area contributed by atoms with Crippen LogP contribution in [0.5, 0.6) is 0 Å². The third kappa shape index (κ3) is 6.63. The fourth-order valence-corrected chi connectivity index (χ4v) is 5.82. The minimum Gasteiger partial charge on any atom is -0.394 e. The molecule has 3 fully saturated rings. The number of hydrogen-bond donors (Lipinski definition) is 4. The summed E-state index contributed by atoms with van der Waals surface area (Å²) >= 11 is 0. The summed E-state index contributed by atoms with van der Waals surface area (Å²) in [5, 5.41) is 35.6. The Kier molecular flexibility index (Phi) is 8.85. The minimum absolute atomic E-state index is 0.170. The Morgan fingerprint density at radius 1 is 1.23 bits per heavy atom. The Hall–Kier alpha value is -1.95. The summed E-state index contributed by atoms with van der Waals surface area (Å²) in [5.74, 6) is 5.94. The number of hydrogen-bond acceptors (Lipinski definition) is 6. The molecule has 1 aromatic carbocycles. The van der Waals surface area contributed by atoms with E-state index in [1.807, 2.05) is 24.3 Å². The van der Waals surface area contributed by atoms with Gasteiger partial charge in [0, 0.05) is 18.0 Å². The summed E-state index contributed by atoms with van der Waals surface area (Å²) in [7, 11) is 0. The largest absolute Gasteiger partial charge is 0.394 e. The zero-order valence-electron chi connectivity index (χ0n) is 20.8. The maximum Gasteiger partial charge on any atom is 0.240 e. The van der Waals surface area contributed by atoms with Gasteiger partial charge in [0.15, 0.2) is 0 Å². The van der Waals surface area contributed by atoms with Gasteiger partial charge in [-0.05, 0) is 69.1 Å². The summed E-state index contributed by atoms with van der Waals surface area (Å²) in [4.78, 5) is 19.3. The first-order chi connectivity index (χ1) is 16.9. The van der Waals surface area contributed by atoms with Gasteiger partial charge in [-0.2, -0.15) is 5.06 Å². The molecule has 35 heavy (non-hydrogen) atoms. The van der Waals surface area contributed by atoms with Gasteiger partial charge in [-0.15, -0.1) is 0 Å². The predicted octanol–water partition coefficient (Wildman–Crippen LogP) is 2.51. The highest BCUT2D eigenvalue weighted by Gasteiger charge is 2.49. The van der Waals surface area contributed by atoms with Crippen LogP contribution in [0, 0.1) is 23.7 Å². The van der Waals surface area contributed by atoms with Crippen molar-refractivity contribution < 1.29 is 25.0 Å². The quantitative estimate of drug-likeness (QED) is 0.444. The Morgan fingerprint density at radius 2 is 1.97 bits per heavy atom. The molecule has 192 valence electrons. The van der Waals surface area contributed by atoms with E-state index in [2.05, 4.69) is 17.2 Å². The van der Waals surface area contributed by atoms with Crippen molar-refractivity contribution in [3.8, 4) is 11.8 Å². The van der Waals surface area contributed by atoms with Crippen molar-refractivity contribution in [1.82, 2.24) is 10.4 Å². The van der Waals surface area contributed by atoms with Crippen molar-refractivity contribution >= 4 is 5.91 Å². The van der Waals surface area contributed by atoms with Gasteiger partial charge in [-0.1, -0.05) is 43.2 Å². The molecule has 2 aliphatic carbocycles. The third-order valence-corrected chi connectivity index (χ3v) is 7.81. The van der Waals surface area contributed by atoms with E-state index in [4.69, 9.17) is 4.84 Å². The average Bonchev–Trinajstić information content (AvgIpc) is 3.46. The maximum atomic E-state index is 13.3. The molecule has 4 rings (SSSR count). The molecule has 0 aromatic heterocycles. The van der Waals surface area contributed by atoms with Gasteiger partial charge < -0.3 is 20.6 Å². The van der Waals surface area contributed by atoms with Crippen LogP contribution >= 0.6 is 0 Å². The van der Waals surface area contributed by atoms with Gasteiger partial charge in [-0.25, -0.2) is 0 Å². The summed E-state index contributed by atoms with van der Waals surface area (Å²) < 4.78 is 0. The molecule has 0 radical (unpaired) electrons. The van der Waals surface area contributed by atoms with Crippen LogP contribution in [-0.4, -0.2) is 63.3 Å². The van der Waals surface area contributed by atoms with Crippen LogP contribution in [0.25, 0.3) is 0 Å². The number of aliphatic hydroxyl groups is 3. The minimum atomic E-state index is -0.894. The molecule has 0 bridgehead atoms. The van der Waals surface area contributed by atoms with E-state index in [0.29, 0.717) is 31.8 Å². The van der Waals surface area contributed by atoms with E-state index in [-0.39, 0.29) is 12.5 Å². The Labute approximate surface area is 208 Å². The first-order valence-electron chi connectivity index (χ1n) is 13.2. The van der Waals surface area contributed by atoms with E-state index in [9.17, 15) is 20.1 Å². The number of carbonyl (C=O) groups excluding carboxylic acids is 1. The Morgan fingerprint density at radius 3 is 2.66 bits per heavy atom. The van der Waals surface area contributed by atoms with Gasteiger partial charge in [0.05, 0.1) is 19.3 Å². The van der Waals surface area contributed by atoms with Crippen LogP contribution in [0.4, 0.5) is 0 Å². The lowest BCUT2D eigenvalue weighted by Gasteiger charge is -2.28. The molecule has 4 N–H and O–H groups in total. The summed E-state index contributed by atoms with van der Waals surface area (Å²) in [6.45, 7) is 2.32. The second-order valence-corrected chi connectivity index (χ2v) is 10.6. The normalized spacial score (nSPS) is 27.8. The average molecular weight is 485 g/mol. The molecule has 0 unspecified atom stereocenters. The molecule has 1 heterocycles. The molecule has 0 spiro atoms. The van der Waals surface area contributed by atoms with Crippen LogP contribution in [0.1, 0.15) is 75.8 Å². The van der Waals surface area contributed by atoms with E-state index in [0.717, 1.165) is 36.8 Å². The topological polar surface area (TPSA) is 102 Å². The van der Waals surface area contributed by atoms with Gasteiger partial charge in [0.2, 0.25) is 5.91 Å². The van der Waals surface area contributed by atoms with Gasteiger partial charge in [0.25, 0.3) is 0 Å². The number of hydroxylamine groups is 2. The number of aliphatic hydroxyl groups excluding tert-OH is 2. The van der Waals surface area contributed by atoms with E-state index in [1.165, 1.54) is 19.3 Å². The third-order valence-electron chi connectivity index (χ3n) is 7.81. The highest BCUT2D eigenvalue weighted by Crippen LogP contribution is 2.33. The lowest BCUT2D eigenvalue weighted by atomic mass is 9.88. The van der Waals surface area contributed by atoms with E-state index < -0.39 is 29.8 Å². The van der Waals surface area contributed by atoms with Gasteiger partial charge >= 0.3 is 0 Å². The first kappa shape index (κ1) is 26.1. The molecule has 1 amide bonds. The SMILES string of the molecule is C[C@@H](O)[C@H]1[C@@H](CO)ON(Cc2cccc(C#CC3(O)CCCC3)c2)[C@H]1C(=O)NCC1CCCCC1. The smallest absolute Gasteiger partial charge is 0.240 e. The van der Waals surface area contributed by atoms with E-state index >= 15 is 0 Å². The van der Waals surface area contributed by atoms with Gasteiger partial charge in [0.1, 0.15) is 17.7 Å². The summed E-state index contributed by atoms with van der Waals surface area (Å²) in [5.41, 5.74) is 0.809. The monoisotopic (exact) mass is 484 g/mol. The molecular formula is C28H40N2O5. The van der Waals surface area contributed by atoms with E-state index in [1.54, 1.807) is 12.0 Å². The number of nitrogens with zero attached hydrogens (tertiary/aromatic N) is 1. The maximum absolute atomic E-state index is 13.3. The van der Waals surface area contributed by atoms with Crippen molar-refractivity contribution in [3.63, 3.8) is 0 Å². The predicted molar refractivity (Wildman–Crippen MR) is 133 cm³/mol. The molecule has 3 aliphatic rings. The standard InChI is InChI=1S/C28H40N2O5/c1-20(32)25-24(19-31)35-30(26(25)27(33)29-17-22-8-3-2-4-9-22)18-23-11-7-10-21(16-23)12-15-28(34)13-5-6-14-28/h7,10-11,16,20,22,24-26,31-32,34H,2-6,8-9,13-14,17-19H2,1H3,(H,29,33)/t20-,24-,25+,26-/m1/s1. The first-order valence-corrected chi connectivity index (χ1v) is 13.2. The number of benzene rings is 1. The molecule has 4 atom stereocenters. The molecule has 1 aliphatic heterocycles.